The summed E-state index contributed by atoms with van der Waals surface area (Å²) in [5, 5.41) is 11.9. The number of nitrogens with zero attached hydrogens (tertiary/aromatic N) is 3. The molecule has 118 valence electrons. The lowest BCUT2D eigenvalue weighted by molar-refractivity contribution is 0.0509. The number of alkyl carbamates (subject to hydrolysis) is 1. The van der Waals surface area contributed by atoms with Crippen LogP contribution in [0.1, 0.15) is 38.4 Å². The molecule has 6 heteroatoms. The van der Waals surface area contributed by atoms with Crippen LogP contribution in [0.5, 0.6) is 0 Å². The van der Waals surface area contributed by atoms with Crippen molar-refractivity contribution in [3.05, 3.63) is 23.4 Å². The van der Waals surface area contributed by atoms with Gasteiger partial charge >= 0.3 is 6.09 Å². The van der Waals surface area contributed by atoms with Crippen LogP contribution >= 0.6 is 0 Å². The molecule has 1 N–H and O–H groups in total. The third kappa shape index (κ3) is 4.10. The molecule has 22 heavy (non-hydrogen) atoms. The quantitative estimate of drug-likeness (QED) is 0.907. The molecule has 0 spiro atoms. The van der Waals surface area contributed by atoms with Gasteiger partial charge in [0.25, 0.3) is 0 Å². The summed E-state index contributed by atoms with van der Waals surface area (Å²) in [6.45, 7) is 8.85. The zero-order valence-corrected chi connectivity index (χ0v) is 13.5. The number of hydrogen-bond acceptors (Lipinski definition) is 5. The van der Waals surface area contributed by atoms with Crippen LogP contribution in [0.3, 0.4) is 0 Å². The molecule has 0 radical (unpaired) electrons. The summed E-state index contributed by atoms with van der Waals surface area (Å²) >= 11 is 0. The molecule has 2 rings (SSSR count). The smallest absolute Gasteiger partial charge is 0.407 e. The monoisotopic (exact) mass is 302 g/mol. The van der Waals surface area contributed by atoms with Crippen molar-refractivity contribution < 1.29 is 9.53 Å². The number of aromatic nitrogens is 1. The van der Waals surface area contributed by atoms with Crippen molar-refractivity contribution in [2.24, 2.45) is 0 Å². The van der Waals surface area contributed by atoms with Gasteiger partial charge in [0.05, 0.1) is 6.04 Å². The molecule has 6 nitrogen and oxygen atoms in total. The van der Waals surface area contributed by atoms with Crippen molar-refractivity contribution in [2.75, 3.05) is 18.0 Å². The van der Waals surface area contributed by atoms with Gasteiger partial charge in [-0.25, -0.2) is 9.78 Å². The van der Waals surface area contributed by atoms with E-state index >= 15 is 0 Å². The standard InChI is InChI=1S/C16H22N4O2/c1-11-5-6-14(19-13(11)9-17)20-8-7-12(10-20)18-15(21)22-16(2,3)4/h5-6,12H,7-8,10H2,1-4H3,(H,18,21). The predicted octanol–water partition coefficient (Wildman–Crippen LogP) is 2.37. The summed E-state index contributed by atoms with van der Waals surface area (Å²) in [6, 6.07) is 5.94. The SMILES string of the molecule is Cc1ccc(N2CCC(NC(=O)OC(C)(C)C)C2)nc1C#N. The van der Waals surface area contributed by atoms with Crippen LogP contribution in [0, 0.1) is 18.3 Å². The van der Waals surface area contributed by atoms with Gasteiger partial charge in [-0.3, -0.25) is 0 Å². The molecule has 1 fully saturated rings. The molecule has 0 aromatic carbocycles. The lowest BCUT2D eigenvalue weighted by atomic mass is 10.2. The average Bonchev–Trinajstić information content (AvgIpc) is 2.85. The Labute approximate surface area is 131 Å². The molecular weight excluding hydrogens is 280 g/mol. The predicted molar refractivity (Wildman–Crippen MR) is 83.7 cm³/mol. The minimum absolute atomic E-state index is 0.0310. The van der Waals surface area contributed by atoms with E-state index in [1.807, 2.05) is 39.8 Å². The zero-order chi connectivity index (χ0) is 16.3. The molecule has 1 aromatic heterocycles. The van der Waals surface area contributed by atoms with Crippen LogP contribution in [0.2, 0.25) is 0 Å². The molecular formula is C16H22N4O2. The van der Waals surface area contributed by atoms with Gasteiger partial charge in [0, 0.05) is 13.1 Å². The molecule has 1 unspecified atom stereocenters. The van der Waals surface area contributed by atoms with Gasteiger partial charge in [0.2, 0.25) is 0 Å². The second kappa shape index (κ2) is 6.22. The number of nitriles is 1. The minimum Gasteiger partial charge on any atom is -0.444 e. The highest BCUT2D eigenvalue weighted by molar-refractivity contribution is 5.68. The largest absolute Gasteiger partial charge is 0.444 e. The summed E-state index contributed by atoms with van der Waals surface area (Å²) in [6.07, 6.45) is 0.436. The van der Waals surface area contributed by atoms with Crippen LogP contribution in [-0.2, 0) is 4.74 Å². The van der Waals surface area contributed by atoms with E-state index in [2.05, 4.69) is 21.3 Å². The number of amides is 1. The Morgan fingerprint density at radius 1 is 1.50 bits per heavy atom. The zero-order valence-electron chi connectivity index (χ0n) is 13.5. The van der Waals surface area contributed by atoms with Crippen molar-refractivity contribution in [3.8, 4) is 6.07 Å². The molecule has 1 aliphatic rings. The summed E-state index contributed by atoms with van der Waals surface area (Å²) in [7, 11) is 0. The van der Waals surface area contributed by atoms with E-state index in [1.165, 1.54) is 0 Å². The minimum atomic E-state index is -0.497. The number of nitrogens with one attached hydrogen (secondary N) is 1. The second-order valence-corrected chi connectivity index (χ2v) is 6.52. The fourth-order valence-corrected chi connectivity index (χ4v) is 2.37. The third-order valence-corrected chi connectivity index (χ3v) is 3.42. The van der Waals surface area contributed by atoms with Crippen LogP contribution in [-0.4, -0.2) is 35.8 Å². The molecule has 1 aliphatic heterocycles. The Balaban J connectivity index is 1.96. The van der Waals surface area contributed by atoms with E-state index in [1.54, 1.807) is 0 Å². The molecule has 1 atom stereocenters. The fourth-order valence-electron chi connectivity index (χ4n) is 2.37. The maximum atomic E-state index is 11.8. The molecule has 0 saturated carbocycles. The van der Waals surface area contributed by atoms with Crippen molar-refractivity contribution in [3.63, 3.8) is 0 Å². The Kier molecular flexibility index (Phi) is 4.55. The third-order valence-electron chi connectivity index (χ3n) is 3.42. The first-order chi connectivity index (χ1) is 10.3. The van der Waals surface area contributed by atoms with Crippen LogP contribution in [0.25, 0.3) is 0 Å². The number of carbonyl (C=O) groups is 1. The highest BCUT2D eigenvalue weighted by Gasteiger charge is 2.27. The lowest BCUT2D eigenvalue weighted by Crippen LogP contribution is -2.40. The summed E-state index contributed by atoms with van der Waals surface area (Å²) in [5.41, 5.74) is 0.817. The topological polar surface area (TPSA) is 78.2 Å². The van der Waals surface area contributed by atoms with Gasteiger partial charge < -0.3 is 15.0 Å². The highest BCUT2D eigenvalue weighted by Crippen LogP contribution is 2.20. The van der Waals surface area contributed by atoms with E-state index in [0.29, 0.717) is 12.2 Å². The summed E-state index contributed by atoms with van der Waals surface area (Å²) in [5.74, 6) is 0.774. The Bertz CT molecular complexity index is 601. The van der Waals surface area contributed by atoms with E-state index in [0.717, 1.165) is 24.3 Å². The van der Waals surface area contributed by atoms with E-state index in [-0.39, 0.29) is 6.04 Å². The van der Waals surface area contributed by atoms with E-state index < -0.39 is 11.7 Å². The van der Waals surface area contributed by atoms with E-state index in [9.17, 15) is 4.79 Å². The van der Waals surface area contributed by atoms with Crippen molar-refractivity contribution in [1.29, 1.82) is 5.26 Å². The second-order valence-electron chi connectivity index (χ2n) is 6.52. The fraction of sp³-hybridized carbons (Fsp3) is 0.562. The number of anilines is 1. The summed E-state index contributed by atoms with van der Waals surface area (Å²) < 4.78 is 5.27. The molecule has 1 saturated heterocycles. The molecule has 1 aromatic rings. The van der Waals surface area contributed by atoms with Crippen molar-refractivity contribution >= 4 is 11.9 Å². The Morgan fingerprint density at radius 3 is 2.86 bits per heavy atom. The maximum Gasteiger partial charge on any atom is 0.407 e. The number of pyridine rings is 1. The number of carbonyl (C=O) groups excluding carboxylic acids is 1. The van der Waals surface area contributed by atoms with Crippen molar-refractivity contribution in [2.45, 2.75) is 45.8 Å². The number of hydrogen-bond donors (Lipinski definition) is 1. The van der Waals surface area contributed by atoms with Gasteiger partial charge in [0.15, 0.2) is 0 Å². The first-order valence-electron chi connectivity index (χ1n) is 7.41. The molecule has 0 aliphatic carbocycles. The van der Waals surface area contributed by atoms with Crippen LogP contribution in [0.4, 0.5) is 10.6 Å². The number of rotatable bonds is 2. The highest BCUT2D eigenvalue weighted by atomic mass is 16.6. The maximum absolute atomic E-state index is 11.8. The number of ether oxygens (including phenoxy) is 1. The van der Waals surface area contributed by atoms with E-state index in [4.69, 9.17) is 10.00 Å². The van der Waals surface area contributed by atoms with Crippen LogP contribution in [0.15, 0.2) is 12.1 Å². The number of aryl methyl sites for hydroxylation is 1. The molecule has 0 bridgehead atoms. The first-order valence-corrected chi connectivity index (χ1v) is 7.41. The average molecular weight is 302 g/mol. The molecule has 2 heterocycles. The summed E-state index contributed by atoms with van der Waals surface area (Å²) in [4.78, 5) is 18.2. The Morgan fingerprint density at radius 2 is 2.23 bits per heavy atom. The van der Waals surface area contributed by atoms with Gasteiger partial charge in [-0.2, -0.15) is 5.26 Å². The first kappa shape index (κ1) is 16.1. The Hall–Kier alpha value is -2.29. The van der Waals surface area contributed by atoms with Gasteiger partial charge in [0.1, 0.15) is 23.2 Å². The van der Waals surface area contributed by atoms with Crippen molar-refractivity contribution in [1.82, 2.24) is 10.3 Å². The molecule has 1 amide bonds. The van der Waals surface area contributed by atoms with Gasteiger partial charge in [-0.05, 0) is 45.7 Å². The van der Waals surface area contributed by atoms with Gasteiger partial charge in [-0.15, -0.1) is 0 Å². The normalized spacial score (nSPS) is 18.0. The van der Waals surface area contributed by atoms with Gasteiger partial charge in [-0.1, -0.05) is 6.07 Å². The van der Waals surface area contributed by atoms with Crippen LogP contribution < -0.4 is 10.2 Å². The lowest BCUT2D eigenvalue weighted by Gasteiger charge is -2.22.